The Morgan fingerprint density at radius 2 is 1.88 bits per heavy atom. The fourth-order valence-electron chi connectivity index (χ4n) is 2.97. The lowest BCUT2D eigenvalue weighted by Crippen LogP contribution is -2.20. The van der Waals surface area contributed by atoms with Crippen LogP contribution < -0.4 is 5.32 Å². The molecule has 0 saturated carbocycles. The Balaban J connectivity index is 1.48. The van der Waals surface area contributed by atoms with E-state index in [0.717, 1.165) is 33.1 Å². The summed E-state index contributed by atoms with van der Waals surface area (Å²) < 4.78 is 0. The number of aromatic nitrogens is 2. The van der Waals surface area contributed by atoms with E-state index in [9.17, 15) is 4.79 Å². The van der Waals surface area contributed by atoms with Gasteiger partial charge in [0, 0.05) is 28.9 Å². The van der Waals surface area contributed by atoms with Gasteiger partial charge in [-0.3, -0.25) is 9.78 Å². The number of nitrogens with zero attached hydrogens (tertiary/aromatic N) is 1. The maximum absolute atomic E-state index is 12.1. The lowest BCUT2D eigenvalue weighted by molar-refractivity contribution is -0.116. The van der Waals surface area contributed by atoms with Crippen LogP contribution in [0.1, 0.15) is 16.8 Å². The number of para-hydroxylation sites is 1. The SMILES string of the molecule is Cc1ccc(CNC(=O)/C=C/c2cc3c(cn2)[nH]c2ccccc23)cc1. The number of H-pyrrole nitrogens is 1. The molecule has 0 radical (unpaired) electrons. The first-order valence-electron chi connectivity index (χ1n) is 8.57. The minimum Gasteiger partial charge on any atom is -0.353 e. The Bertz CT molecular complexity index is 1110. The molecule has 4 aromatic rings. The van der Waals surface area contributed by atoms with Gasteiger partial charge in [-0.05, 0) is 30.7 Å². The number of benzene rings is 2. The van der Waals surface area contributed by atoms with Crippen molar-refractivity contribution in [3.05, 3.63) is 83.7 Å². The first-order valence-corrected chi connectivity index (χ1v) is 8.57. The monoisotopic (exact) mass is 341 g/mol. The van der Waals surface area contributed by atoms with Crippen molar-refractivity contribution in [2.24, 2.45) is 0 Å². The molecule has 2 aromatic carbocycles. The van der Waals surface area contributed by atoms with Crippen molar-refractivity contribution >= 4 is 33.8 Å². The first-order chi connectivity index (χ1) is 12.7. The van der Waals surface area contributed by atoms with Crippen molar-refractivity contribution in [3.8, 4) is 0 Å². The number of pyridine rings is 1. The average molecular weight is 341 g/mol. The average Bonchev–Trinajstić information content (AvgIpc) is 3.04. The summed E-state index contributed by atoms with van der Waals surface area (Å²) in [6.07, 6.45) is 5.07. The van der Waals surface area contributed by atoms with Crippen molar-refractivity contribution in [3.63, 3.8) is 0 Å². The van der Waals surface area contributed by atoms with Crippen LogP contribution in [-0.4, -0.2) is 15.9 Å². The number of carbonyl (C=O) groups is 1. The molecule has 0 unspecified atom stereocenters. The molecule has 0 atom stereocenters. The topological polar surface area (TPSA) is 57.8 Å². The predicted molar refractivity (Wildman–Crippen MR) is 106 cm³/mol. The molecule has 0 aliphatic heterocycles. The van der Waals surface area contributed by atoms with Crippen molar-refractivity contribution in [1.82, 2.24) is 15.3 Å². The number of rotatable bonds is 4. The summed E-state index contributed by atoms with van der Waals surface area (Å²) in [6.45, 7) is 2.56. The fraction of sp³-hybridized carbons (Fsp3) is 0.0909. The predicted octanol–water partition coefficient (Wildman–Crippen LogP) is 4.35. The quantitative estimate of drug-likeness (QED) is 0.542. The van der Waals surface area contributed by atoms with Crippen molar-refractivity contribution in [2.75, 3.05) is 0 Å². The van der Waals surface area contributed by atoms with Crippen LogP contribution in [0.25, 0.3) is 27.9 Å². The van der Waals surface area contributed by atoms with E-state index in [1.807, 2.05) is 55.5 Å². The highest BCUT2D eigenvalue weighted by molar-refractivity contribution is 6.07. The zero-order valence-corrected chi connectivity index (χ0v) is 14.5. The summed E-state index contributed by atoms with van der Waals surface area (Å²) in [7, 11) is 0. The lowest BCUT2D eigenvalue weighted by atomic mass is 10.1. The molecule has 4 rings (SSSR count). The van der Waals surface area contributed by atoms with E-state index in [1.54, 1.807) is 12.3 Å². The molecular formula is C22H19N3O. The van der Waals surface area contributed by atoms with Gasteiger partial charge in [0.15, 0.2) is 0 Å². The summed E-state index contributed by atoms with van der Waals surface area (Å²) in [5.74, 6) is -0.133. The number of carbonyl (C=O) groups excluding carboxylic acids is 1. The van der Waals surface area contributed by atoms with Crippen molar-refractivity contribution < 1.29 is 4.79 Å². The van der Waals surface area contributed by atoms with E-state index >= 15 is 0 Å². The van der Waals surface area contributed by atoms with E-state index < -0.39 is 0 Å². The molecule has 4 heteroatoms. The highest BCUT2D eigenvalue weighted by atomic mass is 16.1. The third-order valence-corrected chi connectivity index (χ3v) is 4.40. The van der Waals surface area contributed by atoms with Crippen molar-refractivity contribution in [1.29, 1.82) is 0 Å². The van der Waals surface area contributed by atoms with Gasteiger partial charge in [0.1, 0.15) is 0 Å². The summed E-state index contributed by atoms with van der Waals surface area (Å²) in [5.41, 5.74) is 5.12. The van der Waals surface area contributed by atoms with Crippen LogP contribution in [0.2, 0.25) is 0 Å². The highest BCUT2D eigenvalue weighted by Crippen LogP contribution is 2.25. The van der Waals surface area contributed by atoms with Crippen LogP contribution in [0.15, 0.2) is 66.9 Å². The van der Waals surface area contributed by atoms with Gasteiger partial charge in [-0.15, -0.1) is 0 Å². The molecule has 128 valence electrons. The highest BCUT2D eigenvalue weighted by Gasteiger charge is 2.04. The number of amides is 1. The molecule has 0 aliphatic rings. The molecule has 0 saturated heterocycles. The van der Waals surface area contributed by atoms with E-state index in [1.165, 1.54) is 11.6 Å². The zero-order chi connectivity index (χ0) is 17.9. The fourth-order valence-corrected chi connectivity index (χ4v) is 2.97. The molecule has 4 nitrogen and oxygen atoms in total. The third kappa shape index (κ3) is 3.35. The Morgan fingerprint density at radius 3 is 2.73 bits per heavy atom. The Morgan fingerprint density at radius 1 is 1.08 bits per heavy atom. The molecule has 2 heterocycles. The summed E-state index contributed by atoms with van der Waals surface area (Å²) in [4.78, 5) is 19.8. The van der Waals surface area contributed by atoms with Crippen LogP contribution in [0.4, 0.5) is 0 Å². The summed E-state index contributed by atoms with van der Waals surface area (Å²) >= 11 is 0. The number of fused-ring (bicyclic) bond motifs is 3. The summed E-state index contributed by atoms with van der Waals surface area (Å²) in [6, 6.07) is 18.3. The molecule has 0 spiro atoms. The van der Waals surface area contributed by atoms with Gasteiger partial charge in [0.05, 0.1) is 17.4 Å². The minimum atomic E-state index is -0.133. The van der Waals surface area contributed by atoms with Gasteiger partial charge >= 0.3 is 0 Å². The number of hydrogen-bond donors (Lipinski definition) is 2. The van der Waals surface area contributed by atoms with Crippen LogP contribution in [-0.2, 0) is 11.3 Å². The Labute approximate surface area is 151 Å². The maximum atomic E-state index is 12.1. The molecule has 1 amide bonds. The summed E-state index contributed by atoms with van der Waals surface area (Å²) in [5, 5.41) is 5.15. The molecule has 2 N–H and O–H groups in total. The Hall–Kier alpha value is -3.40. The molecule has 0 bridgehead atoms. The minimum absolute atomic E-state index is 0.133. The molecular weight excluding hydrogens is 322 g/mol. The molecule has 0 aliphatic carbocycles. The van der Waals surface area contributed by atoms with Gasteiger partial charge in [-0.1, -0.05) is 48.0 Å². The third-order valence-electron chi connectivity index (χ3n) is 4.40. The van der Waals surface area contributed by atoms with Gasteiger partial charge in [0.25, 0.3) is 0 Å². The van der Waals surface area contributed by atoms with Crippen LogP contribution in [0, 0.1) is 6.92 Å². The maximum Gasteiger partial charge on any atom is 0.244 e. The van der Waals surface area contributed by atoms with Crippen molar-refractivity contribution in [2.45, 2.75) is 13.5 Å². The van der Waals surface area contributed by atoms with Gasteiger partial charge in [-0.2, -0.15) is 0 Å². The van der Waals surface area contributed by atoms with Crippen LogP contribution >= 0.6 is 0 Å². The van der Waals surface area contributed by atoms with E-state index in [2.05, 4.69) is 21.4 Å². The molecule has 2 aromatic heterocycles. The number of nitrogens with one attached hydrogen (secondary N) is 2. The normalized spacial score (nSPS) is 11.4. The standard InChI is InChI=1S/C22H19N3O/c1-15-6-8-16(9-7-15)13-24-22(26)11-10-17-12-19-18-4-2-3-5-20(18)25-21(19)14-23-17/h2-12,14,25H,13H2,1H3,(H,24,26)/b11-10+. The van der Waals surface area contributed by atoms with Crippen LogP contribution in [0.5, 0.6) is 0 Å². The number of hydrogen-bond acceptors (Lipinski definition) is 2. The van der Waals surface area contributed by atoms with E-state index in [-0.39, 0.29) is 5.91 Å². The van der Waals surface area contributed by atoms with Gasteiger partial charge in [-0.25, -0.2) is 0 Å². The number of aromatic amines is 1. The largest absolute Gasteiger partial charge is 0.353 e. The zero-order valence-electron chi connectivity index (χ0n) is 14.5. The molecule has 0 fully saturated rings. The smallest absolute Gasteiger partial charge is 0.244 e. The van der Waals surface area contributed by atoms with E-state index in [0.29, 0.717) is 6.54 Å². The van der Waals surface area contributed by atoms with E-state index in [4.69, 9.17) is 0 Å². The van der Waals surface area contributed by atoms with Gasteiger partial charge < -0.3 is 10.3 Å². The van der Waals surface area contributed by atoms with Gasteiger partial charge in [0.2, 0.25) is 5.91 Å². The first kappa shape index (κ1) is 16.1. The molecule has 26 heavy (non-hydrogen) atoms. The second-order valence-corrected chi connectivity index (χ2v) is 6.36. The second-order valence-electron chi connectivity index (χ2n) is 6.36. The second kappa shape index (κ2) is 6.84. The number of aryl methyl sites for hydroxylation is 1. The van der Waals surface area contributed by atoms with Crippen LogP contribution in [0.3, 0.4) is 0 Å². The lowest BCUT2D eigenvalue weighted by Gasteiger charge is -2.03. The Kier molecular flexibility index (Phi) is 4.23.